The predicted molar refractivity (Wildman–Crippen MR) is 46.6 cm³/mol. The van der Waals surface area contributed by atoms with Crippen molar-refractivity contribution < 1.29 is 0 Å². The third-order valence-corrected chi connectivity index (χ3v) is 1.79. The van der Waals surface area contributed by atoms with Gasteiger partial charge in [-0.05, 0) is 12.6 Å². The smallest absolute Gasteiger partial charge is 0.104 e. The third kappa shape index (κ3) is 1.57. The molecule has 0 aromatic rings. The van der Waals surface area contributed by atoms with Crippen LogP contribution in [0.15, 0.2) is 24.0 Å². The van der Waals surface area contributed by atoms with Gasteiger partial charge in [0.2, 0.25) is 0 Å². The number of hydrogen-bond donors (Lipinski definition) is 2. The van der Waals surface area contributed by atoms with E-state index in [-0.39, 0.29) is 0 Å². The molecule has 0 aromatic carbocycles. The first-order chi connectivity index (χ1) is 4.84. The molecule has 0 aromatic heterocycles. The van der Waals surface area contributed by atoms with Crippen LogP contribution in [0.5, 0.6) is 0 Å². The monoisotopic (exact) mass is 154 g/mol. The molecule has 0 unspecified atom stereocenters. The largest absolute Gasteiger partial charge is 0.379 e. The van der Waals surface area contributed by atoms with Crippen LogP contribution in [-0.2, 0) is 0 Å². The fourth-order valence-electron chi connectivity index (χ4n) is 0.780. The minimum absolute atomic E-state index is 0.817. The second-order valence-corrected chi connectivity index (χ2v) is 2.43. The first-order valence-corrected chi connectivity index (χ1v) is 3.57. The Labute approximate surface area is 66.0 Å². The van der Waals surface area contributed by atoms with Crippen LogP contribution in [0.3, 0.4) is 0 Å². The maximum atomic E-state index is 5.02. The standard InChI is InChI=1S/C7H10N2S/c1-8-7(10)6-3-2-4-9-5-6/h2,4-5,9H,3H2,1H3,(H,8,10). The second kappa shape index (κ2) is 3.37. The molecular weight excluding hydrogens is 144 g/mol. The Morgan fingerprint density at radius 3 is 3.10 bits per heavy atom. The summed E-state index contributed by atoms with van der Waals surface area (Å²) < 4.78 is 0. The van der Waals surface area contributed by atoms with Crippen LogP contribution in [0.2, 0.25) is 0 Å². The number of thiocarbonyl (C=S) groups is 1. The third-order valence-electron chi connectivity index (χ3n) is 1.33. The summed E-state index contributed by atoms with van der Waals surface area (Å²) in [6.45, 7) is 0. The fourth-order valence-corrected chi connectivity index (χ4v) is 0.923. The Morgan fingerprint density at radius 2 is 2.60 bits per heavy atom. The Kier molecular flexibility index (Phi) is 2.45. The Morgan fingerprint density at radius 1 is 1.80 bits per heavy atom. The average molecular weight is 154 g/mol. The molecule has 0 radical (unpaired) electrons. The van der Waals surface area contributed by atoms with Gasteiger partial charge in [0.1, 0.15) is 4.99 Å². The normalized spacial score (nSPS) is 15.5. The highest BCUT2D eigenvalue weighted by molar-refractivity contribution is 7.80. The fraction of sp³-hybridized carbons (Fsp3) is 0.286. The van der Waals surface area contributed by atoms with E-state index in [0.717, 1.165) is 17.0 Å². The topological polar surface area (TPSA) is 24.1 Å². The number of rotatable bonds is 1. The molecule has 3 heteroatoms. The number of likely N-dealkylation sites (N-methyl/N-ethyl adjacent to an activating group) is 1. The summed E-state index contributed by atoms with van der Waals surface area (Å²) in [5, 5.41) is 5.90. The van der Waals surface area contributed by atoms with E-state index in [4.69, 9.17) is 12.2 Å². The van der Waals surface area contributed by atoms with Crippen LogP contribution in [0.1, 0.15) is 6.42 Å². The molecule has 0 fully saturated rings. The summed E-state index contributed by atoms with van der Waals surface area (Å²) in [5.41, 5.74) is 1.14. The zero-order valence-corrected chi connectivity index (χ0v) is 6.66. The molecule has 1 aliphatic heterocycles. The Balaban J connectivity index is 2.56. The van der Waals surface area contributed by atoms with Crippen molar-refractivity contribution in [2.45, 2.75) is 6.42 Å². The van der Waals surface area contributed by atoms with Crippen molar-refractivity contribution in [3.05, 3.63) is 24.0 Å². The van der Waals surface area contributed by atoms with E-state index in [1.165, 1.54) is 0 Å². The van der Waals surface area contributed by atoms with Crippen molar-refractivity contribution in [2.75, 3.05) is 7.05 Å². The van der Waals surface area contributed by atoms with E-state index in [1.807, 2.05) is 25.5 Å². The zero-order chi connectivity index (χ0) is 7.40. The molecule has 1 rings (SSSR count). The molecule has 10 heavy (non-hydrogen) atoms. The van der Waals surface area contributed by atoms with E-state index in [0.29, 0.717) is 0 Å². The Bertz CT molecular complexity index is 194. The summed E-state index contributed by atoms with van der Waals surface area (Å²) in [4.78, 5) is 0.817. The van der Waals surface area contributed by atoms with E-state index in [1.54, 1.807) is 0 Å². The lowest BCUT2D eigenvalue weighted by atomic mass is 10.2. The van der Waals surface area contributed by atoms with E-state index >= 15 is 0 Å². The number of allylic oxidation sites excluding steroid dienone is 1. The molecule has 0 bridgehead atoms. The van der Waals surface area contributed by atoms with E-state index < -0.39 is 0 Å². The second-order valence-electron chi connectivity index (χ2n) is 2.02. The van der Waals surface area contributed by atoms with Crippen molar-refractivity contribution in [1.82, 2.24) is 10.6 Å². The molecule has 0 amide bonds. The molecule has 54 valence electrons. The van der Waals surface area contributed by atoms with Gasteiger partial charge in [-0.15, -0.1) is 0 Å². The molecule has 0 aliphatic carbocycles. The maximum Gasteiger partial charge on any atom is 0.104 e. The first-order valence-electron chi connectivity index (χ1n) is 3.17. The molecule has 1 aliphatic rings. The van der Waals surface area contributed by atoms with Gasteiger partial charge < -0.3 is 10.6 Å². The van der Waals surface area contributed by atoms with Crippen molar-refractivity contribution in [2.24, 2.45) is 0 Å². The molecule has 1 heterocycles. The van der Waals surface area contributed by atoms with Crippen LogP contribution in [0.4, 0.5) is 0 Å². The van der Waals surface area contributed by atoms with Gasteiger partial charge in [-0.1, -0.05) is 18.3 Å². The van der Waals surface area contributed by atoms with Gasteiger partial charge >= 0.3 is 0 Å². The SMILES string of the molecule is CNC(=S)C1=CNC=CC1. The van der Waals surface area contributed by atoms with Gasteiger partial charge in [0.25, 0.3) is 0 Å². The lowest BCUT2D eigenvalue weighted by Gasteiger charge is -2.09. The van der Waals surface area contributed by atoms with Crippen molar-refractivity contribution in [3.63, 3.8) is 0 Å². The lowest BCUT2D eigenvalue weighted by Crippen LogP contribution is -2.20. The minimum atomic E-state index is 0.817. The van der Waals surface area contributed by atoms with Gasteiger partial charge in [0, 0.05) is 18.8 Å². The molecule has 0 spiro atoms. The highest BCUT2D eigenvalue weighted by atomic mass is 32.1. The molecular formula is C7H10N2S. The predicted octanol–water partition coefficient (Wildman–Crippen LogP) is 0.924. The number of hydrogen-bond acceptors (Lipinski definition) is 2. The number of dihydropyridines is 1. The van der Waals surface area contributed by atoms with E-state index in [2.05, 4.69) is 10.6 Å². The average Bonchev–Trinajstić information content (AvgIpc) is 2.05. The number of nitrogens with one attached hydrogen (secondary N) is 2. The van der Waals surface area contributed by atoms with Crippen LogP contribution in [0.25, 0.3) is 0 Å². The van der Waals surface area contributed by atoms with Crippen molar-refractivity contribution in [3.8, 4) is 0 Å². The molecule has 2 nitrogen and oxygen atoms in total. The van der Waals surface area contributed by atoms with Gasteiger partial charge in [-0.3, -0.25) is 0 Å². The summed E-state index contributed by atoms with van der Waals surface area (Å²) in [5.74, 6) is 0. The highest BCUT2D eigenvalue weighted by Crippen LogP contribution is 2.05. The van der Waals surface area contributed by atoms with Crippen LogP contribution >= 0.6 is 12.2 Å². The van der Waals surface area contributed by atoms with Crippen LogP contribution in [-0.4, -0.2) is 12.0 Å². The van der Waals surface area contributed by atoms with E-state index in [9.17, 15) is 0 Å². The van der Waals surface area contributed by atoms with Crippen molar-refractivity contribution >= 4 is 17.2 Å². The summed E-state index contributed by atoms with van der Waals surface area (Å²) in [7, 11) is 1.83. The summed E-state index contributed by atoms with van der Waals surface area (Å²) in [6.07, 6.45) is 6.78. The minimum Gasteiger partial charge on any atom is -0.379 e. The van der Waals surface area contributed by atoms with Crippen molar-refractivity contribution in [1.29, 1.82) is 0 Å². The molecule has 2 N–H and O–H groups in total. The molecule has 0 atom stereocenters. The van der Waals surface area contributed by atoms with Gasteiger partial charge in [0.05, 0.1) is 0 Å². The molecule has 0 saturated heterocycles. The van der Waals surface area contributed by atoms with Gasteiger partial charge in [-0.25, -0.2) is 0 Å². The quantitative estimate of drug-likeness (QED) is 0.549. The Hall–Kier alpha value is -0.830. The van der Waals surface area contributed by atoms with Crippen LogP contribution < -0.4 is 10.6 Å². The van der Waals surface area contributed by atoms with Gasteiger partial charge in [0.15, 0.2) is 0 Å². The van der Waals surface area contributed by atoms with Crippen LogP contribution in [0, 0.1) is 0 Å². The highest BCUT2D eigenvalue weighted by Gasteiger charge is 2.01. The first kappa shape index (κ1) is 7.28. The van der Waals surface area contributed by atoms with Gasteiger partial charge in [-0.2, -0.15) is 0 Å². The molecule has 0 saturated carbocycles. The zero-order valence-electron chi connectivity index (χ0n) is 5.85. The summed E-state index contributed by atoms with van der Waals surface area (Å²) >= 11 is 5.02. The lowest BCUT2D eigenvalue weighted by molar-refractivity contribution is 1.06. The maximum absolute atomic E-state index is 5.02. The summed E-state index contributed by atoms with van der Waals surface area (Å²) in [6, 6.07) is 0.